The molecule has 0 saturated carbocycles. The van der Waals surface area contributed by atoms with Gasteiger partial charge in [0.15, 0.2) is 0 Å². The molecule has 0 aromatic heterocycles. The number of hydrogen-bond acceptors (Lipinski definition) is 4. The fourth-order valence-corrected chi connectivity index (χ4v) is 0.0913. The van der Waals surface area contributed by atoms with E-state index in [-0.39, 0.29) is 0 Å². The third-order valence-corrected chi connectivity index (χ3v) is 1.29. The molecule has 0 rings (SSSR count). The molecule has 36 valence electrons. The Labute approximate surface area is 39.8 Å². The zero-order valence-electron chi connectivity index (χ0n) is 3.12. The van der Waals surface area contributed by atoms with Gasteiger partial charge in [0.2, 0.25) is 0 Å². The van der Waals surface area contributed by atoms with Crippen molar-refractivity contribution in [3.8, 4) is 0 Å². The summed E-state index contributed by atoms with van der Waals surface area (Å²) in [5.41, 5.74) is 0. The molecule has 0 amide bonds. The third kappa shape index (κ3) is 2.57. The summed E-state index contributed by atoms with van der Waals surface area (Å²) in [7, 11) is 3.91. The average molecular weight is 124 g/mol. The molecule has 0 heterocycles. The minimum atomic E-state index is -1.02. The normalized spacial score (nSPS) is 8.83. The first-order chi connectivity index (χ1) is 2.81. The maximum absolute atomic E-state index is 9.30. The van der Waals surface area contributed by atoms with E-state index in [1.54, 1.807) is 0 Å². The topological polar surface area (TPSA) is 38.7 Å². The quantitative estimate of drug-likeness (QED) is 0.276. The SMILES string of the molecule is CO[S-](#P)N=O. The Morgan fingerprint density at radius 2 is 2.50 bits per heavy atom. The van der Waals surface area contributed by atoms with Gasteiger partial charge in [0.1, 0.15) is 0 Å². The molecule has 0 aromatic rings. The van der Waals surface area contributed by atoms with Crippen LogP contribution in [0.2, 0.25) is 0 Å². The second-order valence-corrected chi connectivity index (χ2v) is 2.35. The number of nitrogens with zero attached hydrogens (tertiary/aromatic N) is 1. The first-order valence-corrected chi connectivity index (χ1v) is 3.28. The van der Waals surface area contributed by atoms with Crippen molar-refractivity contribution in [2.75, 3.05) is 7.11 Å². The van der Waals surface area contributed by atoms with E-state index in [0.29, 0.717) is 0 Å². The first-order valence-electron chi connectivity index (χ1n) is 1.12. The molecule has 0 aliphatic carbocycles. The van der Waals surface area contributed by atoms with Gasteiger partial charge < -0.3 is 0 Å². The molecule has 6 heavy (non-hydrogen) atoms. The summed E-state index contributed by atoms with van der Waals surface area (Å²) in [5.74, 6) is 0. The second-order valence-electron chi connectivity index (χ2n) is 0.472. The Morgan fingerprint density at radius 3 is 2.50 bits per heavy atom. The van der Waals surface area contributed by atoms with Gasteiger partial charge in [0.25, 0.3) is 0 Å². The molecule has 0 aromatic carbocycles. The zero-order chi connectivity index (χ0) is 4.99. The van der Waals surface area contributed by atoms with Crippen molar-refractivity contribution in [2.45, 2.75) is 0 Å². The van der Waals surface area contributed by atoms with Crippen molar-refractivity contribution in [2.24, 2.45) is 4.58 Å². The summed E-state index contributed by atoms with van der Waals surface area (Å²) < 4.78 is 6.74. The standard InChI is InChI=1S/CH3NO2PS/c1-4-6(5)2-3/h1H3/q-1. The molecular weight excluding hydrogens is 121 g/mol. The van der Waals surface area contributed by atoms with Crippen LogP contribution in [-0.2, 0) is 14.5 Å². The average Bonchev–Trinajstić information content (AvgIpc) is 1.65. The molecule has 0 fully saturated rings. The molecule has 0 spiro atoms. The summed E-state index contributed by atoms with van der Waals surface area (Å²) in [6.07, 6.45) is 0. The van der Waals surface area contributed by atoms with Crippen LogP contribution in [0.25, 0.3) is 0 Å². The molecule has 0 atom stereocenters. The van der Waals surface area contributed by atoms with E-state index in [1.165, 1.54) is 7.11 Å². The number of rotatable bonds is 0. The Kier molecular flexibility index (Phi) is 3.73. The Hall–Kier alpha value is 0.340. The van der Waals surface area contributed by atoms with Gasteiger partial charge in [-0.3, -0.25) is 0 Å². The monoisotopic (exact) mass is 124 g/mol. The van der Waals surface area contributed by atoms with Gasteiger partial charge in [-0.25, -0.2) is 0 Å². The fourth-order valence-electron chi connectivity index (χ4n) is 0.0304. The molecule has 5 heteroatoms. The maximum atomic E-state index is 9.30. The van der Waals surface area contributed by atoms with E-state index >= 15 is 0 Å². The molecule has 0 aliphatic heterocycles. The summed E-state index contributed by atoms with van der Waals surface area (Å²) in [4.78, 5) is 9.30. The van der Waals surface area contributed by atoms with Crippen LogP contribution in [0.1, 0.15) is 0 Å². The Morgan fingerprint density at radius 1 is 2.00 bits per heavy atom. The van der Waals surface area contributed by atoms with Gasteiger partial charge in [-0.05, 0) is 0 Å². The van der Waals surface area contributed by atoms with E-state index in [2.05, 4.69) is 16.6 Å². The summed E-state index contributed by atoms with van der Waals surface area (Å²) >= 11 is 0. The van der Waals surface area contributed by atoms with Crippen molar-refractivity contribution in [3.63, 3.8) is 0 Å². The molecule has 0 unspecified atom stereocenters. The van der Waals surface area contributed by atoms with Crippen LogP contribution in [0, 0.1) is 4.91 Å². The van der Waals surface area contributed by atoms with E-state index in [0.717, 1.165) is 0 Å². The summed E-state index contributed by atoms with van der Waals surface area (Å²) in [6.45, 7) is 0. The number of nitroso groups, excluding NO2 is 1. The summed E-state index contributed by atoms with van der Waals surface area (Å²) in [6, 6.07) is 0. The summed E-state index contributed by atoms with van der Waals surface area (Å²) in [5, 5.41) is 0. The van der Waals surface area contributed by atoms with Gasteiger partial charge in [0.05, 0.1) is 0 Å². The predicted molar refractivity (Wildman–Crippen MR) is 27.1 cm³/mol. The van der Waals surface area contributed by atoms with Crippen molar-refractivity contribution in [1.29, 1.82) is 0 Å². The molecular formula is CH3NO2PS-. The van der Waals surface area contributed by atoms with Gasteiger partial charge in [-0.15, -0.1) is 0 Å². The van der Waals surface area contributed by atoms with E-state index in [1.807, 2.05) is 0 Å². The van der Waals surface area contributed by atoms with E-state index in [4.69, 9.17) is 0 Å². The Balaban J connectivity index is 3.34. The van der Waals surface area contributed by atoms with Crippen LogP contribution in [0.5, 0.6) is 0 Å². The molecule has 0 saturated heterocycles. The van der Waals surface area contributed by atoms with Gasteiger partial charge >= 0.3 is 38.9 Å². The van der Waals surface area contributed by atoms with Crippen LogP contribution in [0.3, 0.4) is 0 Å². The van der Waals surface area contributed by atoms with Gasteiger partial charge in [0, 0.05) is 0 Å². The molecule has 0 bridgehead atoms. The molecule has 0 N–H and O–H groups in total. The van der Waals surface area contributed by atoms with Crippen LogP contribution in [-0.4, -0.2) is 7.11 Å². The third-order valence-electron chi connectivity index (χ3n) is 0.213. The van der Waals surface area contributed by atoms with Crippen molar-refractivity contribution >= 4 is 18.2 Å². The zero-order valence-corrected chi connectivity index (χ0v) is 4.83. The van der Waals surface area contributed by atoms with E-state index in [9.17, 15) is 4.91 Å². The van der Waals surface area contributed by atoms with Crippen LogP contribution >= 0.6 is 7.81 Å². The van der Waals surface area contributed by atoms with Crippen molar-refractivity contribution < 1.29 is 4.18 Å². The fraction of sp³-hybridized carbons (Fsp3) is 1.00. The van der Waals surface area contributed by atoms with Gasteiger partial charge in [-0.1, -0.05) is 0 Å². The molecule has 0 radical (unpaired) electrons. The van der Waals surface area contributed by atoms with E-state index < -0.39 is 10.3 Å². The molecule has 0 aliphatic rings. The van der Waals surface area contributed by atoms with Gasteiger partial charge in [-0.2, -0.15) is 0 Å². The van der Waals surface area contributed by atoms with Crippen LogP contribution in [0.4, 0.5) is 0 Å². The van der Waals surface area contributed by atoms with Crippen LogP contribution in [0.15, 0.2) is 4.58 Å². The number of hydrogen-bond donors (Lipinski definition) is 0. The van der Waals surface area contributed by atoms with Crippen molar-refractivity contribution in [3.05, 3.63) is 4.91 Å². The second kappa shape index (κ2) is 3.53. The van der Waals surface area contributed by atoms with Crippen molar-refractivity contribution in [1.82, 2.24) is 0 Å². The van der Waals surface area contributed by atoms with Crippen LogP contribution < -0.4 is 0 Å². The Bertz CT molecular complexity index is 104. The predicted octanol–water partition coefficient (Wildman–Crippen LogP) is 1.17. The molecule has 3 nitrogen and oxygen atoms in total. The minimum absolute atomic E-state index is 1.02. The first kappa shape index (κ1) is 6.34.